The van der Waals surface area contributed by atoms with Crippen molar-refractivity contribution in [2.75, 3.05) is 6.61 Å². The van der Waals surface area contributed by atoms with E-state index >= 15 is 0 Å². The summed E-state index contributed by atoms with van der Waals surface area (Å²) < 4.78 is 45.2. The maximum atomic E-state index is 13.7. The molecule has 1 saturated heterocycles. The summed E-state index contributed by atoms with van der Waals surface area (Å²) in [5.74, 6) is 1.46. The van der Waals surface area contributed by atoms with Crippen molar-refractivity contribution < 1.29 is 17.9 Å². The van der Waals surface area contributed by atoms with Gasteiger partial charge >= 0.3 is 0 Å². The smallest absolute Gasteiger partial charge is 0.194 e. The van der Waals surface area contributed by atoms with Crippen molar-refractivity contribution >= 4 is 0 Å². The highest BCUT2D eigenvalue weighted by atomic mass is 19.2. The molecule has 1 fully saturated rings. The molecule has 1 aliphatic rings. The zero-order chi connectivity index (χ0) is 13.3. The van der Waals surface area contributed by atoms with Crippen LogP contribution in [0.25, 0.3) is 0 Å². The Balaban J connectivity index is 2.36. The molecule has 0 saturated carbocycles. The number of rotatable bonds is 3. The summed E-state index contributed by atoms with van der Waals surface area (Å²) in [6.45, 7) is 2.40. The van der Waals surface area contributed by atoms with Gasteiger partial charge in [-0.3, -0.25) is 11.3 Å². The van der Waals surface area contributed by atoms with Crippen molar-refractivity contribution in [3.63, 3.8) is 0 Å². The molecule has 0 aromatic heterocycles. The van der Waals surface area contributed by atoms with Gasteiger partial charge in [0.1, 0.15) is 0 Å². The van der Waals surface area contributed by atoms with E-state index in [4.69, 9.17) is 10.6 Å². The molecule has 3 nitrogen and oxygen atoms in total. The van der Waals surface area contributed by atoms with E-state index in [0.717, 1.165) is 6.07 Å². The van der Waals surface area contributed by atoms with Crippen LogP contribution in [0.1, 0.15) is 24.9 Å². The Bertz CT molecular complexity index is 442. The van der Waals surface area contributed by atoms with Gasteiger partial charge in [0.2, 0.25) is 0 Å². The normalized spacial score (nSPS) is 25.4. The maximum absolute atomic E-state index is 13.7. The average Bonchev–Trinajstić information content (AvgIpc) is 2.77. The first-order valence-corrected chi connectivity index (χ1v) is 5.77. The molecule has 0 spiro atoms. The van der Waals surface area contributed by atoms with Gasteiger partial charge in [-0.25, -0.2) is 13.2 Å². The molecule has 3 atom stereocenters. The maximum Gasteiger partial charge on any atom is 0.194 e. The van der Waals surface area contributed by atoms with Crippen LogP contribution < -0.4 is 11.3 Å². The molecule has 1 aromatic rings. The Labute approximate surface area is 103 Å². The third-order valence-electron chi connectivity index (χ3n) is 3.44. The number of hydrogen-bond acceptors (Lipinski definition) is 3. The highest BCUT2D eigenvalue weighted by molar-refractivity contribution is 5.24. The molecule has 6 heteroatoms. The third kappa shape index (κ3) is 2.23. The second-order valence-electron chi connectivity index (χ2n) is 4.44. The molecule has 18 heavy (non-hydrogen) atoms. The first kappa shape index (κ1) is 13.3. The number of halogens is 3. The molecule has 0 radical (unpaired) electrons. The van der Waals surface area contributed by atoms with Crippen molar-refractivity contribution in [2.24, 2.45) is 11.8 Å². The van der Waals surface area contributed by atoms with Gasteiger partial charge in [0.25, 0.3) is 0 Å². The molecule has 0 amide bonds. The standard InChI is InChI=1S/C12H15F3N2O/c1-6-7(4-5-18-6)12(17-16)8-2-3-9(13)11(15)10(8)14/h2-3,6-7,12,17H,4-5,16H2,1H3. The van der Waals surface area contributed by atoms with Crippen LogP contribution in [0.2, 0.25) is 0 Å². The van der Waals surface area contributed by atoms with Crippen LogP contribution in [0.5, 0.6) is 0 Å². The quantitative estimate of drug-likeness (QED) is 0.496. The fraction of sp³-hybridized carbons (Fsp3) is 0.500. The predicted molar refractivity (Wildman–Crippen MR) is 59.9 cm³/mol. The van der Waals surface area contributed by atoms with E-state index in [1.807, 2.05) is 6.92 Å². The predicted octanol–water partition coefficient (Wildman–Crippen LogP) is 2.03. The van der Waals surface area contributed by atoms with Crippen molar-refractivity contribution in [2.45, 2.75) is 25.5 Å². The number of hydrazine groups is 1. The Morgan fingerprint density at radius 3 is 2.61 bits per heavy atom. The Kier molecular flexibility index (Phi) is 3.89. The van der Waals surface area contributed by atoms with Crippen LogP contribution in [-0.2, 0) is 4.74 Å². The number of ether oxygens (including phenoxy) is 1. The lowest BCUT2D eigenvalue weighted by atomic mass is 9.88. The minimum atomic E-state index is -1.47. The molecule has 3 N–H and O–H groups in total. The van der Waals surface area contributed by atoms with E-state index in [1.54, 1.807) is 0 Å². The summed E-state index contributed by atoms with van der Waals surface area (Å²) in [6.07, 6.45) is 0.577. The number of nitrogens with one attached hydrogen (secondary N) is 1. The topological polar surface area (TPSA) is 47.3 Å². The van der Waals surface area contributed by atoms with Gasteiger partial charge in [0.15, 0.2) is 17.5 Å². The van der Waals surface area contributed by atoms with Crippen molar-refractivity contribution in [3.8, 4) is 0 Å². The van der Waals surface area contributed by atoms with Crippen molar-refractivity contribution in [1.82, 2.24) is 5.43 Å². The number of nitrogens with two attached hydrogens (primary N) is 1. The zero-order valence-corrected chi connectivity index (χ0v) is 9.92. The van der Waals surface area contributed by atoms with Gasteiger partial charge < -0.3 is 4.74 Å². The van der Waals surface area contributed by atoms with E-state index in [0.29, 0.717) is 13.0 Å². The van der Waals surface area contributed by atoms with Gasteiger partial charge in [-0.15, -0.1) is 0 Å². The van der Waals surface area contributed by atoms with Crippen LogP contribution >= 0.6 is 0 Å². The fourth-order valence-electron chi connectivity index (χ4n) is 2.41. The summed E-state index contributed by atoms with van der Waals surface area (Å²) >= 11 is 0. The van der Waals surface area contributed by atoms with Crippen LogP contribution in [0.3, 0.4) is 0 Å². The highest BCUT2D eigenvalue weighted by Crippen LogP contribution is 2.34. The van der Waals surface area contributed by atoms with Crippen LogP contribution in [0.15, 0.2) is 12.1 Å². The highest BCUT2D eigenvalue weighted by Gasteiger charge is 2.34. The van der Waals surface area contributed by atoms with Crippen LogP contribution in [0, 0.1) is 23.4 Å². The third-order valence-corrected chi connectivity index (χ3v) is 3.44. The minimum Gasteiger partial charge on any atom is -0.378 e. The summed E-state index contributed by atoms with van der Waals surface area (Å²) in [5, 5.41) is 0. The van der Waals surface area contributed by atoms with Gasteiger partial charge in [0.05, 0.1) is 12.1 Å². The summed E-state index contributed by atoms with van der Waals surface area (Å²) in [7, 11) is 0. The van der Waals surface area contributed by atoms with Crippen LogP contribution in [0.4, 0.5) is 13.2 Å². The number of hydrogen-bond donors (Lipinski definition) is 2. The molecule has 100 valence electrons. The van der Waals surface area contributed by atoms with Gasteiger partial charge in [-0.2, -0.15) is 0 Å². The lowest BCUT2D eigenvalue weighted by molar-refractivity contribution is 0.0948. The molecule has 0 bridgehead atoms. The van der Waals surface area contributed by atoms with E-state index < -0.39 is 23.5 Å². The lowest BCUT2D eigenvalue weighted by Crippen LogP contribution is -2.37. The largest absolute Gasteiger partial charge is 0.378 e. The summed E-state index contributed by atoms with van der Waals surface area (Å²) in [5.41, 5.74) is 2.50. The molecular weight excluding hydrogens is 245 g/mol. The van der Waals surface area contributed by atoms with E-state index in [1.165, 1.54) is 6.07 Å². The first-order chi connectivity index (χ1) is 8.56. The van der Waals surface area contributed by atoms with E-state index in [2.05, 4.69) is 5.43 Å². The molecule has 1 aliphatic heterocycles. The first-order valence-electron chi connectivity index (χ1n) is 5.77. The monoisotopic (exact) mass is 260 g/mol. The van der Waals surface area contributed by atoms with Crippen molar-refractivity contribution in [1.29, 1.82) is 0 Å². The number of benzene rings is 1. The van der Waals surface area contributed by atoms with Gasteiger partial charge in [0, 0.05) is 18.1 Å². The van der Waals surface area contributed by atoms with E-state index in [-0.39, 0.29) is 17.6 Å². The Hall–Kier alpha value is -1.11. The lowest BCUT2D eigenvalue weighted by Gasteiger charge is -2.25. The molecule has 0 aliphatic carbocycles. The Morgan fingerprint density at radius 1 is 1.33 bits per heavy atom. The van der Waals surface area contributed by atoms with Gasteiger partial charge in [-0.05, 0) is 19.4 Å². The SMILES string of the molecule is CC1OCCC1C(NN)c1ccc(F)c(F)c1F. The Morgan fingerprint density at radius 2 is 2.06 bits per heavy atom. The summed E-state index contributed by atoms with van der Waals surface area (Å²) in [6, 6.07) is 1.51. The van der Waals surface area contributed by atoms with E-state index in [9.17, 15) is 13.2 Å². The molecule has 1 aromatic carbocycles. The van der Waals surface area contributed by atoms with Crippen molar-refractivity contribution in [3.05, 3.63) is 35.1 Å². The second kappa shape index (κ2) is 5.26. The molecule has 2 rings (SSSR count). The zero-order valence-electron chi connectivity index (χ0n) is 9.92. The fourth-order valence-corrected chi connectivity index (χ4v) is 2.41. The molecule has 3 unspecified atom stereocenters. The minimum absolute atomic E-state index is 0.0266. The summed E-state index contributed by atoms with van der Waals surface area (Å²) in [4.78, 5) is 0. The van der Waals surface area contributed by atoms with Crippen LogP contribution in [-0.4, -0.2) is 12.7 Å². The molecule has 1 heterocycles. The average molecular weight is 260 g/mol. The van der Waals surface area contributed by atoms with Gasteiger partial charge in [-0.1, -0.05) is 6.07 Å². The molecular formula is C12H15F3N2O. The second-order valence-corrected chi connectivity index (χ2v) is 4.44.